The zero-order chi connectivity index (χ0) is 13.4. The van der Waals surface area contributed by atoms with Crippen LogP contribution in [-0.2, 0) is 12.4 Å². The molecule has 0 N–H and O–H groups in total. The van der Waals surface area contributed by atoms with E-state index in [4.69, 9.17) is 23.2 Å². The first-order valence-corrected chi connectivity index (χ1v) is 7.95. The average Bonchev–Trinajstić information content (AvgIpc) is 3.17. The Kier molecular flexibility index (Phi) is 3.88. The Morgan fingerprint density at radius 1 is 1.37 bits per heavy atom. The average molecular weight is 360 g/mol. The molecule has 0 unspecified atom stereocenters. The second-order valence-corrected chi connectivity index (χ2v) is 6.39. The number of hydrogen-bond acceptors (Lipinski definition) is 1. The minimum absolute atomic E-state index is 0.434. The molecule has 0 saturated heterocycles. The van der Waals surface area contributed by atoms with E-state index in [1.165, 1.54) is 18.4 Å². The predicted molar refractivity (Wildman–Crippen MR) is 82.0 cm³/mol. The molecule has 5 heteroatoms. The second kappa shape index (κ2) is 5.47. The molecule has 0 amide bonds. The van der Waals surface area contributed by atoms with Crippen LogP contribution in [0.3, 0.4) is 0 Å². The highest BCUT2D eigenvalue weighted by molar-refractivity contribution is 9.10. The van der Waals surface area contributed by atoms with Crippen LogP contribution >= 0.6 is 39.1 Å². The summed E-state index contributed by atoms with van der Waals surface area (Å²) in [7, 11) is 0. The fourth-order valence-corrected chi connectivity index (χ4v) is 3.26. The maximum absolute atomic E-state index is 6.40. The maximum atomic E-state index is 6.40. The fraction of sp³-hybridized carbons (Fsp3) is 0.357. The zero-order valence-corrected chi connectivity index (χ0v) is 13.3. The number of alkyl halides is 1. The van der Waals surface area contributed by atoms with E-state index in [0.29, 0.717) is 23.5 Å². The van der Waals surface area contributed by atoms with E-state index in [1.807, 2.05) is 16.8 Å². The van der Waals surface area contributed by atoms with Crippen molar-refractivity contribution in [3.63, 3.8) is 0 Å². The normalized spacial score (nSPS) is 14.9. The third kappa shape index (κ3) is 2.83. The van der Waals surface area contributed by atoms with Crippen LogP contribution in [0.4, 0.5) is 0 Å². The number of aromatic nitrogens is 2. The first-order valence-electron chi connectivity index (χ1n) is 6.24. The Balaban J connectivity index is 1.92. The fourth-order valence-electron chi connectivity index (χ4n) is 2.22. The Hall–Kier alpha value is -0.510. The van der Waals surface area contributed by atoms with Crippen molar-refractivity contribution in [1.82, 2.24) is 9.78 Å². The molecule has 1 aromatic heterocycles. The monoisotopic (exact) mass is 358 g/mol. The van der Waals surface area contributed by atoms with Crippen LogP contribution in [0.25, 0.3) is 0 Å². The summed E-state index contributed by atoms with van der Waals surface area (Å²) < 4.78 is 2.92. The summed E-state index contributed by atoms with van der Waals surface area (Å²) >= 11 is 15.9. The molecular weight excluding hydrogens is 347 g/mol. The molecule has 2 aromatic rings. The van der Waals surface area contributed by atoms with Crippen molar-refractivity contribution in [3.8, 4) is 0 Å². The molecule has 1 aliphatic rings. The molecule has 1 aliphatic carbocycles. The number of halogens is 3. The van der Waals surface area contributed by atoms with Crippen LogP contribution in [0.2, 0.25) is 5.15 Å². The maximum Gasteiger partial charge on any atom is 0.132 e. The van der Waals surface area contributed by atoms with Crippen molar-refractivity contribution in [3.05, 3.63) is 50.7 Å². The Morgan fingerprint density at radius 3 is 2.79 bits per heavy atom. The van der Waals surface area contributed by atoms with Crippen molar-refractivity contribution in [2.75, 3.05) is 0 Å². The second-order valence-electron chi connectivity index (χ2n) is 4.85. The van der Waals surface area contributed by atoms with Crippen molar-refractivity contribution in [2.45, 2.75) is 31.2 Å². The number of hydrogen-bond donors (Lipinski definition) is 0. The zero-order valence-electron chi connectivity index (χ0n) is 10.2. The van der Waals surface area contributed by atoms with Gasteiger partial charge in [0.15, 0.2) is 0 Å². The topological polar surface area (TPSA) is 17.8 Å². The van der Waals surface area contributed by atoms with E-state index in [9.17, 15) is 0 Å². The van der Waals surface area contributed by atoms with Crippen LogP contribution in [-0.4, -0.2) is 9.78 Å². The lowest BCUT2D eigenvalue weighted by molar-refractivity contribution is 0.673. The summed E-state index contributed by atoms with van der Waals surface area (Å²) in [6.45, 7) is 0.675. The summed E-state index contributed by atoms with van der Waals surface area (Å²) in [4.78, 5) is 0. The highest BCUT2D eigenvalue weighted by atomic mass is 79.9. The molecule has 1 aromatic carbocycles. The lowest BCUT2D eigenvalue weighted by Crippen LogP contribution is -2.02. The van der Waals surface area contributed by atoms with E-state index in [1.54, 1.807) is 0 Å². The van der Waals surface area contributed by atoms with Gasteiger partial charge in [-0.2, -0.15) is 5.10 Å². The van der Waals surface area contributed by atoms with Crippen LogP contribution in [0, 0.1) is 0 Å². The first-order chi connectivity index (χ1) is 9.19. The number of nitrogens with zero attached hydrogens (tertiary/aromatic N) is 2. The van der Waals surface area contributed by atoms with Gasteiger partial charge in [-0.05, 0) is 30.5 Å². The van der Waals surface area contributed by atoms with Crippen molar-refractivity contribution in [1.29, 1.82) is 0 Å². The molecule has 1 saturated carbocycles. The van der Waals surface area contributed by atoms with Gasteiger partial charge in [-0.3, -0.25) is 0 Å². The van der Waals surface area contributed by atoms with Crippen LogP contribution < -0.4 is 0 Å². The highest BCUT2D eigenvalue weighted by Gasteiger charge is 2.30. The largest absolute Gasteiger partial charge is 0.249 e. The van der Waals surface area contributed by atoms with Gasteiger partial charge in [0, 0.05) is 16.0 Å². The van der Waals surface area contributed by atoms with E-state index in [0.717, 1.165) is 15.7 Å². The number of benzene rings is 1. The lowest BCUT2D eigenvalue weighted by Gasteiger charge is -2.04. The summed E-state index contributed by atoms with van der Waals surface area (Å²) in [6.07, 6.45) is 2.40. The van der Waals surface area contributed by atoms with Crippen LogP contribution in [0.15, 0.2) is 28.7 Å². The van der Waals surface area contributed by atoms with E-state index >= 15 is 0 Å². The highest BCUT2D eigenvalue weighted by Crippen LogP contribution is 2.43. The molecule has 0 radical (unpaired) electrons. The molecule has 19 heavy (non-hydrogen) atoms. The minimum atomic E-state index is 0.434. The van der Waals surface area contributed by atoms with Crippen LogP contribution in [0.1, 0.15) is 35.6 Å². The van der Waals surface area contributed by atoms with Crippen molar-refractivity contribution >= 4 is 39.1 Å². The van der Waals surface area contributed by atoms with Gasteiger partial charge in [-0.1, -0.05) is 39.7 Å². The molecule has 0 bridgehead atoms. The van der Waals surface area contributed by atoms with Gasteiger partial charge < -0.3 is 0 Å². The first kappa shape index (κ1) is 13.5. The summed E-state index contributed by atoms with van der Waals surface area (Å²) in [5.74, 6) is 0.999. The van der Waals surface area contributed by atoms with Gasteiger partial charge >= 0.3 is 0 Å². The van der Waals surface area contributed by atoms with Gasteiger partial charge in [-0.25, -0.2) is 4.68 Å². The Bertz CT molecular complexity index is 605. The summed E-state index contributed by atoms with van der Waals surface area (Å²) in [6, 6.07) is 8.17. The SMILES string of the molecule is ClCc1c(C2CC2)nn(Cc2cccc(Br)c2)c1Cl. The smallest absolute Gasteiger partial charge is 0.132 e. The molecule has 2 nitrogen and oxygen atoms in total. The third-order valence-electron chi connectivity index (χ3n) is 3.33. The minimum Gasteiger partial charge on any atom is -0.249 e. The van der Waals surface area contributed by atoms with E-state index in [-0.39, 0.29) is 0 Å². The molecule has 100 valence electrons. The third-order valence-corrected chi connectivity index (χ3v) is 4.52. The summed E-state index contributed by atoms with van der Waals surface area (Å²) in [5.41, 5.74) is 3.26. The lowest BCUT2D eigenvalue weighted by atomic mass is 10.2. The van der Waals surface area contributed by atoms with E-state index < -0.39 is 0 Å². The van der Waals surface area contributed by atoms with Crippen molar-refractivity contribution < 1.29 is 0 Å². The predicted octanol–water partition coefficient (Wildman–Crippen LogP) is 4.96. The van der Waals surface area contributed by atoms with Gasteiger partial charge in [-0.15, -0.1) is 11.6 Å². The number of rotatable bonds is 4. The van der Waals surface area contributed by atoms with Crippen LogP contribution in [0.5, 0.6) is 0 Å². The summed E-state index contributed by atoms with van der Waals surface area (Å²) in [5, 5.41) is 5.33. The molecule has 0 aliphatic heterocycles. The quantitative estimate of drug-likeness (QED) is 0.705. The molecule has 0 spiro atoms. The van der Waals surface area contributed by atoms with Gasteiger partial charge in [0.05, 0.1) is 18.1 Å². The van der Waals surface area contributed by atoms with Gasteiger partial charge in [0.1, 0.15) is 5.15 Å². The standard InChI is InChI=1S/C14H13BrCl2N2/c15-11-3-1-2-9(6-11)8-19-14(17)12(7-16)13(18-19)10-4-5-10/h1-3,6,10H,4-5,7-8H2. The molecule has 0 atom stereocenters. The Morgan fingerprint density at radius 2 is 2.16 bits per heavy atom. The van der Waals surface area contributed by atoms with Gasteiger partial charge in [0.25, 0.3) is 0 Å². The van der Waals surface area contributed by atoms with Gasteiger partial charge in [0.2, 0.25) is 0 Å². The van der Waals surface area contributed by atoms with Crippen molar-refractivity contribution in [2.24, 2.45) is 0 Å². The Labute approximate surface area is 130 Å². The molecule has 1 heterocycles. The molecule has 3 rings (SSSR count). The van der Waals surface area contributed by atoms with E-state index in [2.05, 4.69) is 33.2 Å². The molecular formula is C14H13BrCl2N2. The molecule has 1 fully saturated rings.